The summed E-state index contributed by atoms with van der Waals surface area (Å²) in [6, 6.07) is 7.41. The number of fused-ring (bicyclic) bond motifs is 4. The number of anilines is 1. The minimum absolute atomic E-state index is 0.0681. The number of aryl methyl sites for hydroxylation is 1. The topological polar surface area (TPSA) is 86.6 Å². The van der Waals surface area contributed by atoms with Gasteiger partial charge in [0, 0.05) is 54.3 Å². The number of aromatic hydroxyl groups is 1. The lowest BCUT2D eigenvalue weighted by Gasteiger charge is -2.34. The average Bonchev–Trinajstić information content (AvgIpc) is 3.71. The second-order valence-electron chi connectivity index (χ2n) is 13.9. The highest BCUT2D eigenvalue weighted by Gasteiger charge is 2.44. The summed E-state index contributed by atoms with van der Waals surface area (Å²) >= 11 is 3.97. The highest BCUT2D eigenvalue weighted by Crippen LogP contribution is 2.46. The van der Waals surface area contributed by atoms with Crippen LogP contribution >= 0.6 is 12.6 Å². The van der Waals surface area contributed by atoms with Crippen LogP contribution in [0.25, 0.3) is 32.9 Å². The van der Waals surface area contributed by atoms with E-state index in [1.54, 1.807) is 24.4 Å². The van der Waals surface area contributed by atoms with Gasteiger partial charge in [-0.25, -0.2) is 4.39 Å². The number of hydrogen-bond acceptors (Lipinski definition) is 9. The van der Waals surface area contributed by atoms with Gasteiger partial charge in [0.05, 0.1) is 12.2 Å². The summed E-state index contributed by atoms with van der Waals surface area (Å²) in [5, 5.41) is 16.1. The molecule has 2 saturated heterocycles. The third kappa shape index (κ3) is 6.99. The minimum atomic E-state index is -0.478. The summed E-state index contributed by atoms with van der Waals surface area (Å²) in [5.41, 5.74) is 4.01. The van der Waals surface area contributed by atoms with Crippen molar-refractivity contribution in [2.24, 2.45) is 5.41 Å². The fourth-order valence-electron chi connectivity index (χ4n) is 7.12. The molecule has 4 aromatic rings. The number of piperazine rings is 1. The third-order valence-electron chi connectivity index (χ3n) is 9.25. The quantitative estimate of drug-likeness (QED) is 0.152. The van der Waals surface area contributed by atoms with Crippen molar-refractivity contribution < 1.29 is 14.2 Å². The first-order valence-electron chi connectivity index (χ1n) is 16.6. The van der Waals surface area contributed by atoms with Crippen molar-refractivity contribution in [3.8, 4) is 35.2 Å². The molecule has 2 aromatic heterocycles. The molecular weight excluding hydrogens is 612 g/mol. The van der Waals surface area contributed by atoms with E-state index in [9.17, 15) is 9.50 Å². The number of halogens is 1. The Morgan fingerprint density at radius 3 is 2.47 bits per heavy atom. The van der Waals surface area contributed by atoms with Crippen molar-refractivity contribution in [1.29, 1.82) is 0 Å². The molecule has 0 radical (unpaired) electrons. The molecule has 0 amide bonds. The van der Waals surface area contributed by atoms with Crippen LogP contribution in [0.4, 0.5) is 10.2 Å². The Morgan fingerprint density at radius 2 is 1.85 bits per heavy atom. The van der Waals surface area contributed by atoms with Gasteiger partial charge in [-0.15, -0.1) is 6.42 Å². The maximum Gasteiger partial charge on any atom is 0.319 e. The average molecular weight is 657 g/mol. The number of ether oxygens (including phenoxy) is 1. The van der Waals surface area contributed by atoms with E-state index in [2.05, 4.69) is 54.7 Å². The van der Waals surface area contributed by atoms with Gasteiger partial charge in [-0.1, -0.05) is 32.8 Å². The molecule has 2 aliphatic heterocycles. The van der Waals surface area contributed by atoms with Gasteiger partial charge in [0.15, 0.2) is 5.82 Å². The van der Waals surface area contributed by atoms with E-state index in [4.69, 9.17) is 26.1 Å². The van der Waals surface area contributed by atoms with Crippen molar-refractivity contribution in [2.45, 2.75) is 70.2 Å². The predicted molar refractivity (Wildman–Crippen MR) is 191 cm³/mol. The number of hydrogen-bond donors (Lipinski definition) is 3. The zero-order valence-corrected chi connectivity index (χ0v) is 28.9. The van der Waals surface area contributed by atoms with Crippen LogP contribution in [0.2, 0.25) is 0 Å². The molecule has 2 aromatic carbocycles. The van der Waals surface area contributed by atoms with Gasteiger partial charge in [-0.05, 0) is 86.2 Å². The van der Waals surface area contributed by atoms with E-state index in [1.165, 1.54) is 6.07 Å². The lowest BCUT2D eigenvalue weighted by atomic mass is 9.91. The molecule has 1 saturated carbocycles. The molecule has 1 unspecified atom stereocenters. The minimum Gasteiger partial charge on any atom is -0.508 e. The van der Waals surface area contributed by atoms with Crippen LogP contribution in [0.1, 0.15) is 57.6 Å². The van der Waals surface area contributed by atoms with Crippen LogP contribution in [-0.4, -0.2) is 82.6 Å². The van der Waals surface area contributed by atoms with Crippen molar-refractivity contribution in [3.05, 3.63) is 47.4 Å². The van der Waals surface area contributed by atoms with Crippen molar-refractivity contribution in [1.82, 2.24) is 25.2 Å². The highest BCUT2D eigenvalue weighted by molar-refractivity contribution is 7.80. The third-order valence-corrected chi connectivity index (χ3v) is 9.25. The molecule has 47 heavy (non-hydrogen) atoms. The van der Waals surface area contributed by atoms with Gasteiger partial charge in [0.1, 0.15) is 22.6 Å². The number of nitrogens with one attached hydrogen (secondary N) is 1. The predicted octanol–water partition coefficient (Wildman–Crippen LogP) is 6.22. The Morgan fingerprint density at radius 1 is 1.15 bits per heavy atom. The lowest BCUT2D eigenvalue weighted by molar-refractivity contribution is 0.183. The first-order chi connectivity index (χ1) is 22.5. The maximum atomic E-state index is 14.9. The smallest absolute Gasteiger partial charge is 0.319 e. The van der Waals surface area contributed by atoms with E-state index >= 15 is 0 Å². The van der Waals surface area contributed by atoms with Gasteiger partial charge in [0.2, 0.25) is 0 Å². The second kappa shape index (κ2) is 13.5. The van der Waals surface area contributed by atoms with Crippen LogP contribution in [-0.2, 0) is 6.42 Å². The molecule has 3 fully saturated rings. The Kier molecular flexibility index (Phi) is 9.52. The first-order valence-corrected chi connectivity index (χ1v) is 17.1. The summed E-state index contributed by atoms with van der Waals surface area (Å²) in [4.78, 5) is 19.5. The summed E-state index contributed by atoms with van der Waals surface area (Å²) in [6.45, 7) is 9.33. The Labute approximate surface area is 282 Å². The maximum absolute atomic E-state index is 14.9. The van der Waals surface area contributed by atoms with Gasteiger partial charge >= 0.3 is 6.01 Å². The van der Waals surface area contributed by atoms with E-state index in [-0.39, 0.29) is 16.7 Å². The number of aromatic nitrogens is 3. The number of phenols is 1. The van der Waals surface area contributed by atoms with Crippen molar-refractivity contribution in [3.63, 3.8) is 0 Å². The van der Waals surface area contributed by atoms with Gasteiger partial charge in [0.25, 0.3) is 0 Å². The van der Waals surface area contributed by atoms with E-state index in [0.717, 1.165) is 67.8 Å². The van der Waals surface area contributed by atoms with E-state index in [1.807, 2.05) is 13.8 Å². The molecule has 2 bridgehead atoms. The number of phenolic OH excluding ortho intramolecular Hbond substituents is 1. The van der Waals surface area contributed by atoms with Gasteiger partial charge < -0.3 is 25.0 Å². The molecule has 248 valence electrons. The Balaban J connectivity index is 0.000000915. The molecule has 8 nitrogen and oxygen atoms in total. The van der Waals surface area contributed by atoms with E-state index in [0.29, 0.717) is 58.2 Å². The molecule has 7 rings (SSSR count). The SMILES string of the molecule is C#Cc1c(F)ccc2cc(O)cc(-c3cnc4c(N5CC6CC[C@H](C5)N6)nc(OCC5(CN(C)C)CC5)nc4c3CC)c12.CC(C)S. The second-order valence-corrected chi connectivity index (χ2v) is 14.9. The molecule has 3 aliphatic rings. The molecule has 1 aliphatic carbocycles. The standard InChI is InChI=1S/C34H37FN6O2.C3H8S/c1-5-24-27(26-14-23(42)13-20-7-10-28(35)25(6-2)29(20)26)15-36-31-30(24)38-33(43-19-34(11-12-34)18-40(3)4)39-32(31)41-16-21-8-9-22(17-41)37-21;1-3(2)4/h2,7,10,13-15,21-22,37,42H,5,8-9,11-12,16-19H2,1,3-4H3;3-4H,1-2H3/t21-,22?;/m1./s1. The Hall–Kier alpha value is -3.65. The molecule has 0 spiro atoms. The van der Waals surface area contributed by atoms with Crippen molar-refractivity contribution in [2.75, 3.05) is 45.2 Å². The van der Waals surface area contributed by atoms with Gasteiger partial charge in [-0.2, -0.15) is 22.6 Å². The molecular formula is C37H45FN6O2S. The summed E-state index contributed by atoms with van der Waals surface area (Å²) < 4.78 is 21.3. The molecule has 2 N–H and O–H groups in total. The van der Waals surface area contributed by atoms with Crippen LogP contribution < -0.4 is 15.0 Å². The number of nitrogens with zero attached hydrogens (tertiary/aromatic N) is 5. The van der Waals surface area contributed by atoms with Crippen molar-refractivity contribution >= 4 is 40.3 Å². The largest absolute Gasteiger partial charge is 0.508 e. The summed E-state index contributed by atoms with van der Waals surface area (Å²) in [5.74, 6) is 2.91. The zero-order chi connectivity index (χ0) is 33.5. The van der Waals surface area contributed by atoms with Crippen LogP contribution in [0.3, 0.4) is 0 Å². The van der Waals surface area contributed by atoms with Gasteiger partial charge in [-0.3, -0.25) is 4.98 Å². The monoisotopic (exact) mass is 656 g/mol. The summed E-state index contributed by atoms with van der Waals surface area (Å²) in [6.07, 6.45) is 12.8. The number of pyridine rings is 1. The number of rotatable bonds is 8. The highest BCUT2D eigenvalue weighted by atomic mass is 32.1. The van der Waals surface area contributed by atoms with Crippen LogP contribution in [0.5, 0.6) is 11.8 Å². The zero-order valence-electron chi connectivity index (χ0n) is 28.0. The fraction of sp³-hybridized carbons (Fsp3) is 0.486. The number of thiol groups is 1. The normalized spacial score (nSPS) is 19.6. The molecule has 2 atom stereocenters. The summed E-state index contributed by atoms with van der Waals surface area (Å²) in [7, 11) is 4.18. The Bertz CT molecular complexity index is 1820. The number of benzene rings is 2. The molecule has 4 heterocycles. The van der Waals surface area contributed by atoms with Crippen LogP contribution in [0, 0.1) is 23.6 Å². The fourth-order valence-corrected chi connectivity index (χ4v) is 7.12. The lowest BCUT2D eigenvalue weighted by Crippen LogP contribution is -2.51. The van der Waals surface area contributed by atoms with Crippen LogP contribution in [0.15, 0.2) is 30.5 Å². The first kappa shape index (κ1) is 33.3. The molecule has 10 heteroatoms. The van der Waals surface area contributed by atoms with E-state index < -0.39 is 5.82 Å². The number of terminal acetylenes is 1.